The fourth-order valence-corrected chi connectivity index (χ4v) is 3.17. The summed E-state index contributed by atoms with van der Waals surface area (Å²) >= 11 is 7.04. The summed E-state index contributed by atoms with van der Waals surface area (Å²) in [4.78, 5) is 13.2. The predicted molar refractivity (Wildman–Crippen MR) is 88.2 cm³/mol. The second-order valence-electron chi connectivity index (χ2n) is 4.81. The molecule has 23 heavy (non-hydrogen) atoms. The number of hydrogen-bond donors (Lipinski definition) is 1. The molecule has 1 N–H and O–H groups in total. The lowest BCUT2D eigenvalue weighted by Crippen LogP contribution is -2.21. The van der Waals surface area contributed by atoms with E-state index in [1.165, 1.54) is 41.6 Å². The third kappa shape index (κ3) is 2.87. The SMILES string of the molecule is Cn1c(Sc2ccc(Cl)cc2)c(O)n(-c2ccccc2F)c1=O. The Kier molecular flexibility index (Phi) is 4.19. The lowest BCUT2D eigenvalue weighted by molar-refractivity contribution is 0.424. The molecule has 3 rings (SSSR count). The van der Waals surface area contributed by atoms with Crippen LogP contribution in [-0.2, 0) is 7.05 Å². The van der Waals surface area contributed by atoms with E-state index in [4.69, 9.17) is 11.6 Å². The van der Waals surface area contributed by atoms with E-state index in [0.29, 0.717) is 10.0 Å². The summed E-state index contributed by atoms with van der Waals surface area (Å²) < 4.78 is 16.2. The lowest BCUT2D eigenvalue weighted by atomic mass is 10.3. The molecular formula is C16H12ClFN2O2S. The zero-order chi connectivity index (χ0) is 16.6. The molecule has 7 heteroatoms. The summed E-state index contributed by atoms with van der Waals surface area (Å²) in [5.74, 6) is -0.888. The molecule has 4 nitrogen and oxygen atoms in total. The fourth-order valence-electron chi connectivity index (χ4n) is 2.15. The maximum Gasteiger partial charge on any atom is 0.336 e. The number of nitrogens with zero attached hydrogens (tertiary/aromatic N) is 2. The highest BCUT2D eigenvalue weighted by Gasteiger charge is 2.21. The number of halogens is 2. The van der Waals surface area contributed by atoms with Gasteiger partial charge >= 0.3 is 5.69 Å². The summed E-state index contributed by atoms with van der Waals surface area (Å²) in [6, 6.07) is 12.8. The average molecular weight is 351 g/mol. The molecule has 0 aliphatic heterocycles. The fraction of sp³-hybridized carbons (Fsp3) is 0.0625. The van der Waals surface area contributed by atoms with Crippen molar-refractivity contribution in [2.45, 2.75) is 9.92 Å². The van der Waals surface area contributed by atoms with Gasteiger partial charge in [-0.2, -0.15) is 0 Å². The van der Waals surface area contributed by atoms with Gasteiger partial charge in [0.15, 0.2) is 0 Å². The number of hydrogen-bond acceptors (Lipinski definition) is 3. The van der Waals surface area contributed by atoms with E-state index >= 15 is 0 Å². The van der Waals surface area contributed by atoms with Gasteiger partial charge in [0.1, 0.15) is 10.8 Å². The molecule has 0 aliphatic carbocycles. The minimum absolute atomic E-state index is 0.00792. The molecular weight excluding hydrogens is 339 g/mol. The molecule has 1 heterocycles. The van der Waals surface area contributed by atoms with Crippen molar-refractivity contribution >= 4 is 23.4 Å². The van der Waals surface area contributed by atoms with Crippen LogP contribution >= 0.6 is 23.4 Å². The molecule has 0 aliphatic rings. The Hall–Kier alpha value is -2.18. The van der Waals surface area contributed by atoms with Gasteiger partial charge in [0.05, 0.1) is 5.69 Å². The number of imidazole rings is 1. The van der Waals surface area contributed by atoms with Crippen molar-refractivity contribution in [1.82, 2.24) is 9.13 Å². The largest absolute Gasteiger partial charge is 0.492 e. The molecule has 0 radical (unpaired) electrons. The summed E-state index contributed by atoms with van der Waals surface area (Å²) in [5, 5.41) is 11.3. The van der Waals surface area contributed by atoms with Crippen LogP contribution in [0.2, 0.25) is 5.02 Å². The smallest absolute Gasteiger partial charge is 0.336 e. The molecule has 1 aromatic heterocycles. The van der Waals surface area contributed by atoms with E-state index in [1.807, 2.05) is 0 Å². The predicted octanol–water partition coefficient (Wildman–Crippen LogP) is 3.83. The summed E-state index contributed by atoms with van der Waals surface area (Å²) in [7, 11) is 1.53. The van der Waals surface area contributed by atoms with Crippen molar-refractivity contribution in [1.29, 1.82) is 0 Å². The second kappa shape index (κ2) is 6.14. The topological polar surface area (TPSA) is 47.2 Å². The maximum absolute atomic E-state index is 13.9. The number of benzene rings is 2. The van der Waals surface area contributed by atoms with Crippen molar-refractivity contribution in [3.63, 3.8) is 0 Å². The Labute approximate surface area is 140 Å². The van der Waals surface area contributed by atoms with Crippen LogP contribution in [0.4, 0.5) is 4.39 Å². The van der Waals surface area contributed by atoms with Gasteiger partial charge in [0.2, 0.25) is 5.88 Å². The van der Waals surface area contributed by atoms with E-state index in [-0.39, 0.29) is 11.6 Å². The van der Waals surface area contributed by atoms with Crippen LogP contribution in [0.25, 0.3) is 5.69 Å². The molecule has 0 spiro atoms. The molecule has 0 saturated carbocycles. The first kappa shape index (κ1) is 15.7. The zero-order valence-electron chi connectivity index (χ0n) is 12.0. The van der Waals surface area contributed by atoms with Gasteiger partial charge in [-0.3, -0.25) is 4.57 Å². The normalized spacial score (nSPS) is 10.9. The highest BCUT2D eigenvalue weighted by Crippen LogP contribution is 2.35. The average Bonchev–Trinajstić information content (AvgIpc) is 2.74. The van der Waals surface area contributed by atoms with Crippen LogP contribution in [0, 0.1) is 5.82 Å². The highest BCUT2D eigenvalue weighted by molar-refractivity contribution is 7.99. The molecule has 0 amide bonds. The lowest BCUT2D eigenvalue weighted by Gasteiger charge is -2.05. The van der Waals surface area contributed by atoms with Crippen LogP contribution in [0.15, 0.2) is 63.2 Å². The standard InChI is InChI=1S/C16H12ClFN2O2S/c1-19-15(23-11-8-6-10(17)7-9-11)14(21)20(16(19)22)13-5-3-2-4-12(13)18/h2-9,21H,1H3. The minimum Gasteiger partial charge on any atom is -0.492 e. The van der Waals surface area contributed by atoms with Crippen molar-refractivity contribution < 1.29 is 9.50 Å². The number of para-hydroxylation sites is 1. The Morgan fingerprint density at radius 2 is 1.78 bits per heavy atom. The Balaban J connectivity index is 2.10. The van der Waals surface area contributed by atoms with Gasteiger partial charge < -0.3 is 5.11 Å². The van der Waals surface area contributed by atoms with Crippen LogP contribution in [0.5, 0.6) is 5.88 Å². The Morgan fingerprint density at radius 3 is 2.43 bits per heavy atom. The molecule has 0 fully saturated rings. The van der Waals surface area contributed by atoms with Gasteiger partial charge in [0, 0.05) is 17.0 Å². The molecule has 0 saturated heterocycles. The summed E-state index contributed by atoms with van der Waals surface area (Å²) in [5.41, 5.74) is -0.516. The quantitative estimate of drug-likeness (QED) is 0.781. The Bertz CT molecular complexity index is 919. The van der Waals surface area contributed by atoms with E-state index in [1.54, 1.807) is 30.3 Å². The highest BCUT2D eigenvalue weighted by atomic mass is 35.5. The van der Waals surface area contributed by atoms with Crippen LogP contribution in [0.1, 0.15) is 0 Å². The van der Waals surface area contributed by atoms with E-state index in [9.17, 15) is 14.3 Å². The van der Waals surface area contributed by atoms with Gasteiger partial charge in [-0.15, -0.1) is 0 Å². The first-order valence-electron chi connectivity index (χ1n) is 6.68. The van der Waals surface area contributed by atoms with E-state index in [0.717, 1.165) is 9.46 Å². The maximum atomic E-state index is 13.9. The van der Waals surface area contributed by atoms with Crippen LogP contribution in [-0.4, -0.2) is 14.2 Å². The van der Waals surface area contributed by atoms with Gasteiger partial charge in [-0.05, 0) is 36.4 Å². The van der Waals surface area contributed by atoms with E-state index < -0.39 is 11.5 Å². The third-order valence-corrected chi connectivity index (χ3v) is 4.72. The molecule has 0 atom stereocenters. The van der Waals surface area contributed by atoms with Crippen molar-refractivity contribution in [3.8, 4) is 11.6 Å². The number of rotatable bonds is 3. The Morgan fingerprint density at radius 1 is 1.13 bits per heavy atom. The summed E-state index contributed by atoms with van der Waals surface area (Å²) in [6.45, 7) is 0. The van der Waals surface area contributed by atoms with Crippen molar-refractivity contribution in [2.24, 2.45) is 7.05 Å². The molecule has 2 aromatic carbocycles. The summed E-state index contributed by atoms with van der Waals surface area (Å²) in [6.07, 6.45) is 0. The minimum atomic E-state index is -0.585. The molecule has 118 valence electrons. The first-order valence-corrected chi connectivity index (χ1v) is 7.87. The molecule has 0 unspecified atom stereocenters. The van der Waals surface area contributed by atoms with Gasteiger partial charge in [-0.25, -0.2) is 13.8 Å². The van der Waals surface area contributed by atoms with Crippen molar-refractivity contribution in [2.75, 3.05) is 0 Å². The van der Waals surface area contributed by atoms with Crippen LogP contribution in [0.3, 0.4) is 0 Å². The molecule has 3 aromatic rings. The number of aromatic hydroxyl groups is 1. The molecule has 0 bridgehead atoms. The van der Waals surface area contributed by atoms with Gasteiger partial charge in [0.25, 0.3) is 0 Å². The van der Waals surface area contributed by atoms with Gasteiger partial charge in [-0.1, -0.05) is 35.5 Å². The van der Waals surface area contributed by atoms with Crippen LogP contribution < -0.4 is 5.69 Å². The second-order valence-corrected chi connectivity index (χ2v) is 6.31. The van der Waals surface area contributed by atoms with Crippen molar-refractivity contribution in [3.05, 3.63) is 69.9 Å². The number of aromatic nitrogens is 2. The first-order chi connectivity index (χ1) is 11.0. The van der Waals surface area contributed by atoms with E-state index in [2.05, 4.69) is 0 Å². The monoisotopic (exact) mass is 350 g/mol. The zero-order valence-corrected chi connectivity index (χ0v) is 13.6. The third-order valence-electron chi connectivity index (χ3n) is 3.31.